The molecular formula is C66H110N2O. The van der Waals surface area contributed by atoms with Crippen molar-refractivity contribution < 1.29 is 4.79 Å². The van der Waals surface area contributed by atoms with Gasteiger partial charge in [0.1, 0.15) is 5.78 Å². The first-order valence-electron chi connectivity index (χ1n) is 33.1. The van der Waals surface area contributed by atoms with Crippen molar-refractivity contribution >= 4 is 5.78 Å². The minimum atomic E-state index is 0.445. The fraction of sp³-hybridized carbons (Fsp3) is 0.985. The fourth-order valence-corrected chi connectivity index (χ4v) is 23.1. The summed E-state index contributed by atoms with van der Waals surface area (Å²) in [6.45, 7) is 0. The molecule has 0 aromatic carbocycles. The van der Waals surface area contributed by atoms with Crippen LogP contribution in [0, 0.1) is 76.4 Å². The molecule has 3 nitrogen and oxygen atoms in total. The summed E-state index contributed by atoms with van der Waals surface area (Å²) in [6.07, 6.45) is 68.5. The smallest absolute Gasteiger partial charge is 0.132 e. The number of Topliss-reactive ketones (excluding diaryl/α,β-unsaturated/α-hetero) is 1. The van der Waals surface area contributed by atoms with Crippen LogP contribution in [0.2, 0.25) is 0 Å². The van der Waals surface area contributed by atoms with E-state index in [1.807, 2.05) is 0 Å². The van der Waals surface area contributed by atoms with Crippen LogP contribution in [0.1, 0.15) is 295 Å². The second-order valence-electron chi connectivity index (χ2n) is 29.1. The minimum absolute atomic E-state index is 0.445. The van der Waals surface area contributed by atoms with E-state index in [1.165, 1.54) is 180 Å². The molecule has 12 rings (SSSR count). The summed E-state index contributed by atoms with van der Waals surface area (Å²) in [5, 5.41) is 0. The van der Waals surface area contributed by atoms with Crippen molar-refractivity contribution in [3.8, 4) is 0 Å². The number of carbonyl (C=O) groups is 1. The summed E-state index contributed by atoms with van der Waals surface area (Å²) in [5.41, 5.74) is 0.445. The highest BCUT2D eigenvalue weighted by atomic mass is 16.1. The Balaban J connectivity index is 0.826. The SMILES string of the molecule is O=C1CCC2(CC1)C1CC(N(C3CCCC(C4CCCCC4)C3)C3CCCC(C4CCCCC4)C3)CCC1C1CCC(N(C3CCCC(C4CCCCC4)C3)C3CCCC(C4CCCCC4)C3)CC12. The van der Waals surface area contributed by atoms with Crippen LogP contribution < -0.4 is 0 Å². The lowest BCUT2D eigenvalue weighted by Crippen LogP contribution is -2.56. The Morgan fingerprint density at radius 1 is 0.275 bits per heavy atom. The quantitative estimate of drug-likeness (QED) is 0.218. The van der Waals surface area contributed by atoms with E-state index in [0.29, 0.717) is 11.2 Å². The van der Waals surface area contributed by atoms with Gasteiger partial charge in [-0.15, -0.1) is 0 Å². The third-order valence-corrected chi connectivity index (χ3v) is 26.1. The van der Waals surface area contributed by atoms with Crippen LogP contribution >= 0.6 is 0 Å². The Hall–Kier alpha value is -0.410. The predicted octanol–water partition coefficient (Wildman–Crippen LogP) is 17.9. The monoisotopic (exact) mass is 947 g/mol. The van der Waals surface area contributed by atoms with Gasteiger partial charge in [-0.25, -0.2) is 0 Å². The van der Waals surface area contributed by atoms with Crippen LogP contribution in [0.15, 0.2) is 0 Å². The van der Waals surface area contributed by atoms with Crippen molar-refractivity contribution in [2.45, 2.75) is 332 Å². The number of carbonyl (C=O) groups excluding carboxylic acids is 1. The van der Waals surface area contributed by atoms with Crippen LogP contribution in [-0.2, 0) is 4.79 Å². The molecule has 12 aliphatic carbocycles. The second-order valence-corrected chi connectivity index (χ2v) is 29.1. The first-order chi connectivity index (χ1) is 34.1. The van der Waals surface area contributed by atoms with Gasteiger partial charge in [-0.05, 0) is 179 Å². The molecule has 1 spiro atoms. The Morgan fingerprint density at radius 2 is 0.551 bits per heavy atom. The third kappa shape index (κ3) is 10.6. The van der Waals surface area contributed by atoms with Crippen molar-refractivity contribution in [1.82, 2.24) is 9.80 Å². The Morgan fingerprint density at radius 3 is 0.855 bits per heavy atom. The zero-order chi connectivity index (χ0) is 46.2. The maximum Gasteiger partial charge on any atom is 0.132 e. The molecular weight excluding hydrogens is 837 g/mol. The van der Waals surface area contributed by atoms with E-state index in [4.69, 9.17) is 0 Å². The molecule has 0 N–H and O–H groups in total. The van der Waals surface area contributed by atoms with E-state index >= 15 is 0 Å². The van der Waals surface area contributed by atoms with Crippen molar-refractivity contribution in [2.75, 3.05) is 0 Å². The molecule has 0 aliphatic heterocycles. The van der Waals surface area contributed by atoms with Gasteiger partial charge in [0.15, 0.2) is 0 Å². The molecule has 0 heterocycles. The van der Waals surface area contributed by atoms with E-state index in [-0.39, 0.29) is 0 Å². The Kier molecular flexibility index (Phi) is 16.4. The Labute approximate surface area is 426 Å². The van der Waals surface area contributed by atoms with E-state index in [2.05, 4.69) is 9.80 Å². The van der Waals surface area contributed by atoms with Crippen LogP contribution in [-0.4, -0.2) is 51.8 Å². The lowest BCUT2D eigenvalue weighted by molar-refractivity contribution is -0.125. The van der Waals surface area contributed by atoms with Crippen molar-refractivity contribution in [2.24, 2.45) is 76.4 Å². The number of ketones is 1. The van der Waals surface area contributed by atoms with Crippen LogP contribution in [0.5, 0.6) is 0 Å². The van der Waals surface area contributed by atoms with E-state index < -0.39 is 0 Å². The van der Waals surface area contributed by atoms with Gasteiger partial charge < -0.3 is 0 Å². The molecule has 390 valence electrons. The molecule has 12 fully saturated rings. The number of nitrogens with zero attached hydrogens (tertiary/aromatic N) is 2. The molecule has 0 aromatic heterocycles. The normalized spacial score (nSPS) is 43.8. The van der Waals surface area contributed by atoms with Gasteiger partial charge in [-0.1, -0.05) is 180 Å². The summed E-state index contributed by atoms with van der Waals surface area (Å²) in [5.74, 6) is 12.5. The third-order valence-electron chi connectivity index (χ3n) is 26.1. The standard InChI is InChI=1S/C66H110N2O/c69-61-37-39-66(40-38-61)64-45-59(67(55-29-13-25-51(41-55)47-17-5-1-6-18-47)56-30-14-26-52(42-56)48-19-7-2-8-20-48)33-35-62(64)63-36-34-60(46-65(63)66)68(57-31-15-27-53(43-57)49-21-9-3-10-22-49)58-32-16-28-54(44-58)50-23-11-4-12-24-50/h47-60,62-65H,1-46H2. The second kappa shape index (κ2) is 22.8. The number of fused-ring (bicyclic) bond motifs is 5. The molecule has 12 saturated carbocycles. The van der Waals surface area contributed by atoms with Gasteiger partial charge in [0.2, 0.25) is 0 Å². The predicted molar refractivity (Wildman–Crippen MR) is 288 cm³/mol. The average molecular weight is 948 g/mol. The highest BCUT2D eigenvalue weighted by molar-refractivity contribution is 5.79. The summed E-state index contributed by atoms with van der Waals surface area (Å²) in [4.78, 5) is 20.5. The lowest BCUT2D eigenvalue weighted by atomic mass is 9.57. The van der Waals surface area contributed by atoms with Crippen molar-refractivity contribution in [3.63, 3.8) is 0 Å². The topological polar surface area (TPSA) is 23.6 Å². The van der Waals surface area contributed by atoms with Gasteiger partial charge in [0.05, 0.1) is 0 Å². The van der Waals surface area contributed by atoms with Crippen LogP contribution in [0.4, 0.5) is 0 Å². The first kappa shape index (κ1) is 49.5. The lowest BCUT2D eigenvalue weighted by Gasteiger charge is -2.55. The number of rotatable bonds is 10. The van der Waals surface area contributed by atoms with Gasteiger partial charge >= 0.3 is 0 Å². The minimum Gasteiger partial charge on any atom is -0.300 e. The highest BCUT2D eigenvalue weighted by Crippen LogP contribution is 2.69. The number of hydrogen-bond acceptors (Lipinski definition) is 3. The van der Waals surface area contributed by atoms with Crippen molar-refractivity contribution in [3.05, 3.63) is 0 Å². The van der Waals surface area contributed by atoms with Crippen LogP contribution in [0.25, 0.3) is 0 Å². The van der Waals surface area contributed by atoms with Gasteiger partial charge in [-0.2, -0.15) is 0 Å². The maximum atomic E-state index is 13.5. The molecule has 14 unspecified atom stereocenters. The molecule has 12 aliphatic rings. The van der Waals surface area contributed by atoms with Gasteiger partial charge in [-0.3, -0.25) is 14.6 Å². The summed E-state index contributed by atoms with van der Waals surface area (Å²) >= 11 is 0. The zero-order valence-corrected chi connectivity index (χ0v) is 45.2. The van der Waals surface area contributed by atoms with Gasteiger partial charge in [0.25, 0.3) is 0 Å². The molecule has 69 heavy (non-hydrogen) atoms. The number of hydrogen-bond donors (Lipinski definition) is 0. The Bertz CT molecular complexity index is 1420. The van der Waals surface area contributed by atoms with Gasteiger partial charge in [0, 0.05) is 49.1 Å². The zero-order valence-electron chi connectivity index (χ0n) is 45.2. The molecule has 0 saturated heterocycles. The largest absolute Gasteiger partial charge is 0.300 e. The van der Waals surface area contributed by atoms with Crippen LogP contribution in [0.3, 0.4) is 0 Å². The first-order valence-corrected chi connectivity index (χ1v) is 33.1. The van der Waals surface area contributed by atoms with Crippen molar-refractivity contribution in [1.29, 1.82) is 0 Å². The molecule has 3 heteroatoms. The molecule has 0 radical (unpaired) electrons. The maximum absolute atomic E-state index is 13.5. The molecule has 0 aromatic rings. The van der Waals surface area contributed by atoms with E-state index in [1.54, 1.807) is 103 Å². The summed E-state index contributed by atoms with van der Waals surface area (Å²) in [6, 6.07) is 5.05. The fourth-order valence-electron chi connectivity index (χ4n) is 23.1. The summed E-state index contributed by atoms with van der Waals surface area (Å²) in [7, 11) is 0. The van der Waals surface area contributed by atoms with E-state index in [0.717, 1.165) is 120 Å². The highest BCUT2D eigenvalue weighted by Gasteiger charge is 2.63. The molecule has 0 bridgehead atoms. The molecule has 0 amide bonds. The van der Waals surface area contributed by atoms with E-state index in [9.17, 15) is 4.79 Å². The summed E-state index contributed by atoms with van der Waals surface area (Å²) < 4.78 is 0. The molecule has 14 atom stereocenters. The average Bonchev–Trinajstić information content (AvgIpc) is 3.68.